The lowest BCUT2D eigenvalue weighted by molar-refractivity contribution is -0.0675. The van der Waals surface area contributed by atoms with Gasteiger partial charge < -0.3 is 25.3 Å². The number of anilines is 1. The fourth-order valence-corrected chi connectivity index (χ4v) is 5.71. The third kappa shape index (κ3) is 3.31. The van der Waals surface area contributed by atoms with Gasteiger partial charge in [-0.1, -0.05) is 12.1 Å². The van der Waals surface area contributed by atoms with Crippen LogP contribution in [0.3, 0.4) is 0 Å². The zero-order chi connectivity index (χ0) is 24.6. The Balaban J connectivity index is 1.32. The van der Waals surface area contributed by atoms with E-state index >= 15 is 0 Å². The van der Waals surface area contributed by atoms with Gasteiger partial charge in [-0.05, 0) is 56.7 Å². The Morgan fingerprint density at radius 1 is 1.17 bits per heavy atom. The third-order valence-electron chi connectivity index (χ3n) is 7.45. The number of hydrogen-bond donors (Lipinski definition) is 3. The summed E-state index contributed by atoms with van der Waals surface area (Å²) in [5.41, 5.74) is 6.63. The van der Waals surface area contributed by atoms with Gasteiger partial charge in [-0.3, -0.25) is 4.98 Å². The lowest BCUT2D eigenvalue weighted by Crippen LogP contribution is -2.45. The van der Waals surface area contributed by atoms with Crippen LogP contribution < -0.4 is 5.73 Å². The van der Waals surface area contributed by atoms with E-state index in [2.05, 4.69) is 15.0 Å². The molecule has 35 heavy (non-hydrogen) atoms. The minimum atomic E-state index is -1.48. The number of hydrogen-bond acceptors (Lipinski definition) is 7. The lowest BCUT2D eigenvalue weighted by Gasteiger charge is -2.26. The molecule has 0 radical (unpaired) electrons. The number of benzene rings is 1. The molecule has 1 saturated heterocycles. The van der Waals surface area contributed by atoms with Crippen LogP contribution in [0.25, 0.3) is 21.9 Å². The normalized spacial score (nSPS) is 28.3. The van der Waals surface area contributed by atoms with E-state index in [0.29, 0.717) is 41.7 Å². The first-order chi connectivity index (χ1) is 16.7. The van der Waals surface area contributed by atoms with Crippen LogP contribution >= 0.6 is 0 Å². The van der Waals surface area contributed by atoms with E-state index in [0.717, 1.165) is 5.56 Å². The molecule has 10 heteroatoms. The standard InChI is InChI=1S/C25H25F2N5O3/c1-11-16(26)9-14-4-3-13(8-18(14)29-11)7-15-5-6-25(34)20(33)24(35-21(15)25)32-10-17(27)19-22(28)30-12(2)31-23(19)32/h3-4,8-10,15,20-21,24,33-34H,5-7H2,1-2H3,(H2,28,30,31)/t15-,20-,21+,24+,25-/m0/s1. The molecule has 1 aliphatic heterocycles. The Morgan fingerprint density at radius 2 is 1.97 bits per heavy atom. The van der Waals surface area contributed by atoms with Crippen molar-refractivity contribution in [3.63, 3.8) is 0 Å². The third-order valence-corrected chi connectivity index (χ3v) is 7.45. The first kappa shape index (κ1) is 22.3. The summed E-state index contributed by atoms with van der Waals surface area (Å²) in [6, 6.07) is 7.13. The smallest absolute Gasteiger partial charge is 0.164 e. The summed E-state index contributed by atoms with van der Waals surface area (Å²) in [5, 5.41) is 23.3. The fraction of sp³-hybridized carbons (Fsp3) is 0.400. The molecule has 0 bridgehead atoms. The Hall–Kier alpha value is -3.21. The second kappa shape index (κ2) is 7.64. The van der Waals surface area contributed by atoms with Crippen LogP contribution in [0.1, 0.15) is 36.2 Å². The predicted octanol–water partition coefficient (Wildman–Crippen LogP) is 3.10. The Morgan fingerprint density at radius 3 is 2.77 bits per heavy atom. The zero-order valence-corrected chi connectivity index (χ0v) is 19.2. The summed E-state index contributed by atoms with van der Waals surface area (Å²) >= 11 is 0. The van der Waals surface area contributed by atoms with Gasteiger partial charge in [0, 0.05) is 11.6 Å². The van der Waals surface area contributed by atoms with Crippen molar-refractivity contribution in [2.45, 2.75) is 57.1 Å². The number of nitrogens with zero attached hydrogens (tertiary/aromatic N) is 4. The monoisotopic (exact) mass is 481 g/mol. The van der Waals surface area contributed by atoms with E-state index in [1.54, 1.807) is 13.8 Å². The van der Waals surface area contributed by atoms with Crippen LogP contribution in [-0.4, -0.2) is 47.5 Å². The van der Waals surface area contributed by atoms with Gasteiger partial charge in [-0.25, -0.2) is 18.7 Å². The Kier molecular flexibility index (Phi) is 4.86. The van der Waals surface area contributed by atoms with Gasteiger partial charge in [-0.2, -0.15) is 0 Å². The molecule has 1 saturated carbocycles. The van der Waals surface area contributed by atoms with Crippen LogP contribution in [0.4, 0.5) is 14.6 Å². The van der Waals surface area contributed by atoms with E-state index in [1.807, 2.05) is 18.2 Å². The van der Waals surface area contributed by atoms with Gasteiger partial charge in [0.05, 0.1) is 22.7 Å². The summed E-state index contributed by atoms with van der Waals surface area (Å²) < 4.78 is 36.2. The zero-order valence-electron chi connectivity index (χ0n) is 19.2. The van der Waals surface area contributed by atoms with E-state index in [9.17, 15) is 19.0 Å². The van der Waals surface area contributed by atoms with E-state index in [1.165, 1.54) is 16.8 Å². The first-order valence-corrected chi connectivity index (χ1v) is 11.6. The number of aliphatic hydroxyl groups excluding tert-OH is 1. The molecule has 1 aromatic carbocycles. The summed E-state index contributed by atoms with van der Waals surface area (Å²) in [6.07, 6.45) is -0.233. The molecule has 0 amide bonds. The summed E-state index contributed by atoms with van der Waals surface area (Å²) in [7, 11) is 0. The second-order valence-electron chi connectivity index (χ2n) is 9.71. The molecular formula is C25H25F2N5O3. The maximum Gasteiger partial charge on any atom is 0.164 e. The first-order valence-electron chi connectivity index (χ1n) is 11.6. The molecule has 2 aliphatic rings. The molecule has 0 spiro atoms. The highest BCUT2D eigenvalue weighted by atomic mass is 19.1. The largest absolute Gasteiger partial charge is 0.385 e. The average Bonchev–Trinajstić information content (AvgIpc) is 3.38. The predicted molar refractivity (Wildman–Crippen MR) is 124 cm³/mol. The molecular weight excluding hydrogens is 456 g/mol. The van der Waals surface area contributed by atoms with Crippen molar-refractivity contribution in [3.05, 3.63) is 59.2 Å². The van der Waals surface area contributed by atoms with Crippen molar-refractivity contribution in [1.29, 1.82) is 0 Å². The number of nitrogen functional groups attached to an aromatic ring is 1. The molecule has 6 rings (SSSR count). The highest BCUT2D eigenvalue weighted by Gasteiger charge is 2.61. The summed E-state index contributed by atoms with van der Waals surface area (Å²) in [5.74, 6) is -0.690. The molecule has 0 unspecified atom stereocenters. The van der Waals surface area contributed by atoms with E-state index in [-0.39, 0.29) is 28.6 Å². The topological polar surface area (TPSA) is 119 Å². The second-order valence-corrected chi connectivity index (χ2v) is 9.71. The van der Waals surface area contributed by atoms with Gasteiger partial charge in [0.2, 0.25) is 0 Å². The quantitative estimate of drug-likeness (QED) is 0.411. The average molecular weight is 482 g/mol. The highest BCUT2D eigenvalue weighted by Crippen LogP contribution is 2.51. The van der Waals surface area contributed by atoms with Gasteiger partial charge in [-0.15, -0.1) is 0 Å². The minimum Gasteiger partial charge on any atom is -0.385 e. The molecule has 8 nitrogen and oxygen atoms in total. The maximum absolute atomic E-state index is 14.7. The number of nitrogens with two attached hydrogens (primary N) is 1. The van der Waals surface area contributed by atoms with Crippen LogP contribution in [0, 0.1) is 31.4 Å². The number of ether oxygens (including phenoxy) is 1. The molecule has 4 heterocycles. The highest BCUT2D eigenvalue weighted by molar-refractivity contribution is 5.87. The number of aromatic nitrogens is 4. The van der Waals surface area contributed by atoms with Gasteiger partial charge >= 0.3 is 0 Å². The molecule has 4 N–H and O–H groups in total. The molecule has 2 fully saturated rings. The van der Waals surface area contributed by atoms with Crippen molar-refractivity contribution in [1.82, 2.24) is 19.5 Å². The molecule has 5 atom stereocenters. The number of pyridine rings is 1. The minimum absolute atomic E-state index is 0.00745. The molecule has 182 valence electrons. The number of fused-ring (bicyclic) bond motifs is 3. The number of aryl methyl sites for hydroxylation is 2. The van der Waals surface area contributed by atoms with Crippen LogP contribution in [0.2, 0.25) is 0 Å². The fourth-order valence-electron chi connectivity index (χ4n) is 5.71. The van der Waals surface area contributed by atoms with Gasteiger partial charge in [0.15, 0.2) is 17.7 Å². The number of halogens is 2. The van der Waals surface area contributed by atoms with Crippen LogP contribution in [-0.2, 0) is 11.2 Å². The lowest BCUT2D eigenvalue weighted by atomic mass is 9.90. The summed E-state index contributed by atoms with van der Waals surface area (Å²) in [4.78, 5) is 12.7. The van der Waals surface area contributed by atoms with Gasteiger partial charge in [0.1, 0.15) is 29.2 Å². The van der Waals surface area contributed by atoms with Crippen molar-refractivity contribution in [2.75, 3.05) is 5.73 Å². The SMILES string of the molecule is Cc1nc(N)c2c(F)cn([C@@H]3O[C@@H]4[C@H](Cc5ccc6cc(F)c(C)nc6c5)CC[C@]4(O)[C@H]3O)c2n1. The van der Waals surface area contributed by atoms with Gasteiger partial charge in [0.25, 0.3) is 0 Å². The maximum atomic E-state index is 14.7. The van der Waals surface area contributed by atoms with Crippen LogP contribution in [0.5, 0.6) is 0 Å². The van der Waals surface area contributed by atoms with Crippen molar-refractivity contribution >= 4 is 27.8 Å². The van der Waals surface area contributed by atoms with Crippen LogP contribution in [0.15, 0.2) is 30.5 Å². The number of aliphatic hydroxyl groups is 2. The molecule has 4 aromatic rings. The number of rotatable bonds is 3. The molecule has 1 aliphatic carbocycles. The van der Waals surface area contributed by atoms with E-state index < -0.39 is 29.9 Å². The summed E-state index contributed by atoms with van der Waals surface area (Å²) in [6.45, 7) is 3.27. The van der Waals surface area contributed by atoms with Crippen molar-refractivity contribution in [2.24, 2.45) is 5.92 Å². The van der Waals surface area contributed by atoms with Crippen molar-refractivity contribution in [3.8, 4) is 0 Å². The van der Waals surface area contributed by atoms with E-state index in [4.69, 9.17) is 10.5 Å². The Labute approximate surface area is 199 Å². The Bertz CT molecular complexity index is 1490. The van der Waals surface area contributed by atoms with Crippen molar-refractivity contribution < 1.29 is 23.7 Å². The molecule has 3 aromatic heterocycles.